The molecule has 0 unspecified atom stereocenters. The summed E-state index contributed by atoms with van der Waals surface area (Å²) in [6.45, 7) is 7.41. The lowest BCUT2D eigenvalue weighted by atomic mass is 9.98. The van der Waals surface area contributed by atoms with E-state index in [-0.39, 0.29) is 5.82 Å². The molecule has 0 amide bonds. The van der Waals surface area contributed by atoms with Gasteiger partial charge in [-0.25, -0.2) is 8.91 Å². The van der Waals surface area contributed by atoms with Crippen LogP contribution in [0.25, 0.3) is 16.8 Å². The van der Waals surface area contributed by atoms with Gasteiger partial charge in [0.25, 0.3) is 0 Å². The van der Waals surface area contributed by atoms with Crippen LogP contribution >= 0.6 is 12.2 Å². The first-order valence-corrected chi connectivity index (χ1v) is 13.8. The molecule has 39 heavy (non-hydrogen) atoms. The van der Waals surface area contributed by atoms with Crippen molar-refractivity contribution in [2.75, 3.05) is 5.32 Å². The molecule has 0 saturated heterocycles. The van der Waals surface area contributed by atoms with Crippen LogP contribution in [0.3, 0.4) is 0 Å². The highest BCUT2D eigenvalue weighted by atomic mass is 32.1. The first-order valence-electron chi connectivity index (χ1n) is 13.4. The lowest BCUT2D eigenvalue weighted by molar-refractivity contribution is 0.286. The highest BCUT2D eigenvalue weighted by Gasteiger charge is 2.29. The fraction of sp³-hybridized carbons (Fsp3) is 0.250. The molecule has 1 aliphatic rings. The van der Waals surface area contributed by atoms with E-state index >= 15 is 0 Å². The summed E-state index contributed by atoms with van der Waals surface area (Å²) in [7, 11) is 0. The fourth-order valence-electron chi connectivity index (χ4n) is 5.59. The Balaban J connectivity index is 1.52. The maximum Gasteiger partial charge on any atom is 0.169 e. The smallest absolute Gasteiger partial charge is 0.169 e. The fourth-order valence-corrected chi connectivity index (χ4v) is 5.88. The molecule has 3 heterocycles. The van der Waals surface area contributed by atoms with Crippen LogP contribution in [0.5, 0.6) is 5.75 Å². The van der Waals surface area contributed by atoms with Crippen LogP contribution in [0, 0.1) is 26.6 Å². The summed E-state index contributed by atoms with van der Waals surface area (Å²) in [5.41, 5.74) is 9.32. The molecule has 198 valence electrons. The largest absolute Gasteiger partial charge is 0.485 e. The normalized spacial score (nSPS) is 12.9. The van der Waals surface area contributed by atoms with Gasteiger partial charge in [0.05, 0.1) is 0 Å². The Hall–Kier alpha value is -3.97. The van der Waals surface area contributed by atoms with Gasteiger partial charge in [-0.05, 0) is 80.5 Å². The second kappa shape index (κ2) is 10.3. The minimum absolute atomic E-state index is 0.260. The number of halogens is 1. The zero-order valence-corrected chi connectivity index (χ0v) is 23.2. The van der Waals surface area contributed by atoms with Crippen LogP contribution < -0.4 is 10.1 Å². The van der Waals surface area contributed by atoms with E-state index in [4.69, 9.17) is 22.1 Å². The SMILES string of the molecule is Cc1ccccc1OCc1nn2c(C(=S)Nc3c(C)cccc3C)c(-c3ccc(F)cc3)c3c2n1CCCC3. The predicted molar refractivity (Wildman–Crippen MR) is 158 cm³/mol. The standard InChI is InChI=1S/C32H31FN4OS/c1-20-9-4-5-13-26(20)38-19-27-35-37-30(31(39)34-29-21(2)10-8-11-22(29)3)28(23-14-16-24(33)17-15-23)25-12-6-7-18-36(27)32(25)37/h4-5,8-11,13-17H,6-7,12,18-19H2,1-3H3,(H,34,39). The molecule has 5 nitrogen and oxygen atoms in total. The van der Waals surface area contributed by atoms with Gasteiger partial charge < -0.3 is 14.6 Å². The van der Waals surface area contributed by atoms with Crippen LogP contribution in [0.2, 0.25) is 0 Å². The highest BCUT2D eigenvalue weighted by molar-refractivity contribution is 7.81. The lowest BCUT2D eigenvalue weighted by Gasteiger charge is -2.15. The summed E-state index contributed by atoms with van der Waals surface area (Å²) in [5.74, 6) is 1.45. The van der Waals surface area contributed by atoms with Crippen molar-refractivity contribution < 1.29 is 9.13 Å². The number of aryl methyl sites for hydroxylation is 5. The third-order valence-electron chi connectivity index (χ3n) is 7.58. The van der Waals surface area contributed by atoms with E-state index < -0.39 is 0 Å². The Labute approximate surface area is 233 Å². The number of hydrogen-bond donors (Lipinski definition) is 1. The van der Waals surface area contributed by atoms with Gasteiger partial charge in [-0.15, -0.1) is 5.10 Å². The highest BCUT2D eigenvalue weighted by Crippen LogP contribution is 2.38. The van der Waals surface area contributed by atoms with Gasteiger partial charge in [-0.1, -0.05) is 60.7 Å². The average molecular weight is 539 g/mol. The molecule has 3 aromatic carbocycles. The van der Waals surface area contributed by atoms with Crippen LogP contribution in [0.15, 0.2) is 66.7 Å². The first-order chi connectivity index (χ1) is 18.9. The van der Waals surface area contributed by atoms with Gasteiger partial charge in [0.2, 0.25) is 0 Å². The van der Waals surface area contributed by atoms with Crippen molar-refractivity contribution in [1.29, 1.82) is 0 Å². The second-order valence-electron chi connectivity index (χ2n) is 10.2. The Bertz CT molecular complexity index is 1680. The number of para-hydroxylation sites is 2. The molecule has 0 atom stereocenters. The summed E-state index contributed by atoms with van der Waals surface area (Å²) < 4.78 is 24.4. The van der Waals surface area contributed by atoms with Crippen molar-refractivity contribution in [2.45, 2.75) is 53.2 Å². The Morgan fingerprint density at radius 1 is 0.949 bits per heavy atom. The second-order valence-corrected chi connectivity index (χ2v) is 10.7. The molecule has 2 aromatic heterocycles. The van der Waals surface area contributed by atoms with Crippen molar-refractivity contribution >= 4 is 28.5 Å². The molecule has 5 aromatic rings. The maximum atomic E-state index is 13.9. The van der Waals surface area contributed by atoms with Gasteiger partial charge >= 0.3 is 0 Å². The average Bonchev–Trinajstić information content (AvgIpc) is 3.32. The van der Waals surface area contributed by atoms with Gasteiger partial charge in [-0.2, -0.15) is 0 Å². The molecule has 6 rings (SSSR count). The number of ether oxygens (including phenoxy) is 1. The number of benzene rings is 3. The monoisotopic (exact) mass is 538 g/mol. The van der Waals surface area contributed by atoms with Crippen LogP contribution in [0.4, 0.5) is 10.1 Å². The molecule has 1 aliphatic heterocycles. The number of nitrogens with zero attached hydrogens (tertiary/aromatic N) is 3. The minimum Gasteiger partial charge on any atom is -0.485 e. The molecule has 0 radical (unpaired) electrons. The van der Waals surface area contributed by atoms with Gasteiger partial charge in [0.15, 0.2) is 5.82 Å². The van der Waals surface area contributed by atoms with Gasteiger partial charge in [-0.3, -0.25) is 0 Å². The maximum absolute atomic E-state index is 13.9. The van der Waals surface area contributed by atoms with Crippen LogP contribution in [0.1, 0.15) is 46.6 Å². The molecule has 7 heteroatoms. The van der Waals surface area contributed by atoms with Crippen LogP contribution in [-0.2, 0) is 19.6 Å². The third kappa shape index (κ3) is 4.61. The van der Waals surface area contributed by atoms with E-state index in [2.05, 4.69) is 35.9 Å². The quantitative estimate of drug-likeness (QED) is 0.227. The predicted octanol–water partition coefficient (Wildman–Crippen LogP) is 7.57. The van der Waals surface area contributed by atoms with Crippen molar-refractivity contribution in [3.05, 3.63) is 106 Å². The first kappa shape index (κ1) is 25.3. The molecule has 0 fully saturated rings. The Morgan fingerprint density at radius 2 is 1.67 bits per heavy atom. The summed E-state index contributed by atoms with van der Waals surface area (Å²) in [4.78, 5) is 0.588. The van der Waals surface area contributed by atoms with Gasteiger partial charge in [0.1, 0.15) is 34.5 Å². The number of hydrogen-bond acceptors (Lipinski definition) is 3. The number of aromatic nitrogens is 3. The van der Waals surface area contributed by atoms with Crippen molar-refractivity contribution in [1.82, 2.24) is 14.2 Å². The van der Waals surface area contributed by atoms with Crippen LogP contribution in [-0.4, -0.2) is 19.2 Å². The topological polar surface area (TPSA) is 43.5 Å². The van der Waals surface area contributed by atoms with E-state index in [0.29, 0.717) is 11.6 Å². The zero-order valence-electron chi connectivity index (χ0n) is 22.4. The number of nitrogens with one attached hydrogen (secondary N) is 1. The van der Waals surface area contributed by atoms with E-state index in [9.17, 15) is 4.39 Å². The van der Waals surface area contributed by atoms with Crippen molar-refractivity contribution in [3.63, 3.8) is 0 Å². The van der Waals surface area contributed by atoms with E-state index in [0.717, 1.165) is 82.2 Å². The summed E-state index contributed by atoms with van der Waals surface area (Å²) >= 11 is 6.10. The molecule has 0 aliphatic carbocycles. The van der Waals surface area contributed by atoms with Crippen molar-refractivity contribution in [2.24, 2.45) is 0 Å². The lowest BCUT2D eigenvalue weighted by Crippen LogP contribution is -2.16. The molecule has 0 saturated carbocycles. The van der Waals surface area contributed by atoms with E-state index in [1.165, 1.54) is 17.7 Å². The number of rotatable bonds is 6. The van der Waals surface area contributed by atoms with E-state index in [1.807, 2.05) is 53.9 Å². The molecule has 1 N–H and O–H groups in total. The third-order valence-corrected chi connectivity index (χ3v) is 7.88. The number of thiocarbonyl (C=S) groups is 1. The molecular formula is C32H31FN4OS. The minimum atomic E-state index is -0.260. The molecule has 0 spiro atoms. The molecule has 0 bridgehead atoms. The van der Waals surface area contributed by atoms with Crippen molar-refractivity contribution in [3.8, 4) is 16.9 Å². The number of anilines is 1. The summed E-state index contributed by atoms with van der Waals surface area (Å²) in [5, 5.41) is 8.63. The Morgan fingerprint density at radius 3 is 2.41 bits per heavy atom. The summed E-state index contributed by atoms with van der Waals surface area (Å²) in [6.07, 6.45) is 2.98. The Kier molecular flexibility index (Phi) is 6.69. The van der Waals surface area contributed by atoms with E-state index in [1.54, 1.807) is 0 Å². The zero-order chi connectivity index (χ0) is 27.1. The van der Waals surface area contributed by atoms with Gasteiger partial charge in [0, 0.05) is 23.4 Å². The molecular weight excluding hydrogens is 507 g/mol. The summed E-state index contributed by atoms with van der Waals surface area (Å²) in [6, 6.07) is 20.9.